The van der Waals surface area contributed by atoms with Crippen molar-refractivity contribution in [3.63, 3.8) is 0 Å². The topological polar surface area (TPSA) is 90.1 Å². The molecule has 4 rings (SSSR count). The molecule has 0 saturated carbocycles. The summed E-state index contributed by atoms with van der Waals surface area (Å²) < 4.78 is 24.2. The minimum absolute atomic E-state index is 0.207. The van der Waals surface area contributed by atoms with Crippen molar-refractivity contribution in [2.45, 2.75) is 13.8 Å². The first kappa shape index (κ1) is 18.5. The van der Waals surface area contributed by atoms with Crippen LogP contribution >= 0.6 is 0 Å². The van der Waals surface area contributed by atoms with Crippen LogP contribution in [-0.2, 0) is 4.79 Å². The molecule has 0 unspecified atom stereocenters. The van der Waals surface area contributed by atoms with Crippen LogP contribution in [0.2, 0.25) is 0 Å². The smallest absolute Gasteiger partial charge is 0.265 e. The highest BCUT2D eigenvalue weighted by Gasteiger charge is 2.20. The molecule has 2 heterocycles. The first-order valence-corrected chi connectivity index (χ1v) is 8.89. The summed E-state index contributed by atoms with van der Waals surface area (Å²) in [6, 6.07) is 13.5. The summed E-state index contributed by atoms with van der Waals surface area (Å²) in [5, 5.41) is 7.28. The van der Waals surface area contributed by atoms with Crippen molar-refractivity contribution in [3.8, 4) is 17.1 Å². The fourth-order valence-corrected chi connectivity index (χ4v) is 2.91. The zero-order valence-corrected chi connectivity index (χ0v) is 15.8. The second-order valence-corrected chi connectivity index (χ2v) is 6.45. The molecule has 1 amide bonds. The van der Waals surface area contributed by atoms with Crippen LogP contribution in [0.5, 0.6) is 5.88 Å². The average Bonchev–Trinajstić information content (AvgIpc) is 3.13. The number of carbonyl (C=O) groups excluding carboxylic acids is 1. The Balaban J connectivity index is 1.59. The summed E-state index contributed by atoms with van der Waals surface area (Å²) in [5.74, 6) is -0.130. The summed E-state index contributed by atoms with van der Waals surface area (Å²) in [6.07, 6.45) is 0. The van der Waals surface area contributed by atoms with Crippen molar-refractivity contribution < 1.29 is 18.4 Å². The van der Waals surface area contributed by atoms with E-state index in [1.54, 1.807) is 13.8 Å². The van der Waals surface area contributed by atoms with E-state index < -0.39 is 5.91 Å². The maximum absolute atomic E-state index is 13.2. The Bertz CT molecular complexity index is 1190. The predicted molar refractivity (Wildman–Crippen MR) is 105 cm³/mol. The van der Waals surface area contributed by atoms with Crippen molar-refractivity contribution in [2.24, 2.45) is 0 Å². The van der Waals surface area contributed by atoms with Gasteiger partial charge in [0, 0.05) is 11.3 Å². The standard InChI is InChI=1S/C21H17FN4O3/c1-12-10-15(22)8-9-16(12)25-17(27)11-28-20-18-19(14-6-4-3-5-7-14)26-29-21(18)24-13(2)23-20/h3-10H,11H2,1-2H3,(H,25,27). The van der Waals surface area contributed by atoms with Gasteiger partial charge in [-0.2, -0.15) is 9.97 Å². The van der Waals surface area contributed by atoms with Gasteiger partial charge < -0.3 is 14.6 Å². The molecule has 0 radical (unpaired) electrons. The van der Waals surface area contributed by atoms with Crippen LogP contribution in [0.25, 0.3) is 22.4 Å². The number of aromatic nitrogens is 3. The molecule has 0 saturated heterocycles. The van der Waals surface area contributed by atoms with Gasteiger partial charge in [0.05, 0.1) is 0 Å². The maximum Gasteiger partial charge on any atom is 0.265 e. The van der Waals surface area contributed by atoms with Gasteiger partial charge in [-0.3, -0.25) is 4.79 Å². The van der Waals surface area contributed by atoms with Gasteiger partial charge in [-0.1, -0.05) is 35.5 Å². The van der Waals surface area contributed by atoms with Crippen LogP contribution in [0.1, 0.15) is 11.4 Å². The Labute approximate surface area is 165 Å². The summed E-state index contributed by atoms with van der Waals surface area (Å²) in [4.78, 5) is 20.9. The molecule has 1 N–H and O–H groups in total. The van der Waals surface area contributed by atoms with E-state index in [2.05, 4.69) is 20.4 Å². The van der Waals surface area contributed by atoms with E-state index in [1.165, 1.54) is 18.2 Å². The number of halogens is 1. The number of ether oxygens (including phenoxy) is 1. The second kappa shape index (κ2) is 7.67. The molecule has 8 heteroatoms. The van der Waals surface area contributed by atoms with Crippen LogP contribution in [-0.4, -0.2) is 27.6 Å². The minimum Gasteiger partial charge on any atom is -0.467 e. The Morgan fingerprint density at radius 1 is 1.14 bits per heavy atom. The van der Waals surface area contributed by atoms with Gasteiger partial charge in [0.2, 0.25) is 5.88 Å². The third-order valence-electron chi connectivity index (χ3n) is 4.26. The van der Waals surface area contributed by atoms with Gasteiger partial charge in [-0.05, 0) is 37.6 Å². The maximum atomic E-state index is 13.2. The van der Waals surface area contributed by atoms with E-state index in [0.717, 1.165) is 5.56 Å². The third-order valence-corrected chi connectivity index (χ3v) is 4.26. The van der Waals surface area contributed by atoms with Crippen molar-refractivity contribution in [1.29, 1.82) is 0 Å². The lowest BCUT2D eigenvalue weighted by Gasteiger charge is -2.10. The van der Waals surface area contributed by atoms with Crippen molar-refractivity contribution in [1.82, 2.24) is 15.1 Å². The lowest BCUT2D eigenvalue weighted by molar-refractivity contribution is -0.118. The van der Waals surface area contributed by atoms with Crippen LogP contribution in [0, 0.1) is 19.7 Å². The Kier molecular flexibility index (Phi) is 4.90. The van der Waals surface area contributed by atoms with Crippen LogP contribution < -0.4 is 10.1 Å². The molecule has 29 heavy (non-hydrogen) atoms. The molecule has 0 atom stereocenters. The molecular weight excluding hydrogens is 375 g/mol. The summed E-state index contributed by atoms with van der Waals surface area (Å²) in [6.45, 7) is 3.11. The number of anilines is 1. The monoisotopic (exact) mass is 392 g/mol. The SMILES string of the molecule is Cc1nc(OCC(=O)Nc2ccc(F)cc2C)c2c(-c3ccccc3)noc2n1. The summed E-state index contributed by atoms with van der Waals surface area (Å²) in [7, 11) is 0. The van der Waals surface area contributed by atoms with E-state index >= 15 is 0 Å². The van der Waals surface area contributed by atoms with Crippen molar-refractivity contribution >= 4 is 22.7 Å². The Morgan fingerprint density at radius 3 is 2.69 bits per heavy atom. The lowest BCUT2D eigenvalue weighted by atomic mass is 10.1. The number of hydrogen-bond acceptors (Lipinski definition) is 6. The quantitative estimate of drug-likeness (QED) is 0.551. The second-order valence-electron chi connectivity index (χ2n) is 6.45. The number of carbonyl (C=O) groups is 1. The van der Waals surface area contributed by atoms with Gasteiger partial charge in [-0.15, -0.1) is 0 Å². The molecular formula is C21H17FN4O3. The zero-order chi connectivity index (χ0) is 20.4. The van der Waals surface area contributed by atoms with E-state index in [9.17, 15) is 9.18 Å². The molecule has 2 aromatic carbocycles. The highest BCUT2D eigenvalue weighted by Crippen LogP contribution is 2.32. The normalized spacial score (nSPS) is 10.9. The molecule has 2 aromatic heterocycles. The predicted octanol–water partition coefficient (Wildman–Crippen LogP) is 4.06. The minimum atomic E-state index is -0.401. The Hall–Kier alpha value is -3.81. The molecule has 7 nitrogen and oxygen atoms in total. The first-order chi connectivity index (χ1) is 14.0. The number of nitrogens with zero attached hydrogens (tertiary/aromatic N) is 3. The molecule has 0 aliphatic rings. The number of hydrogen-bond donors (Lipinski definition) is 1. The highest BCUT2D eigenvalue weighted by molar-refractivity contribution is 5.95. The largest absolute Gasteiger partial charge is 0.467 e. The van der Waals surface area contributed by atoms with Crippen LogP contribution in [0.4, 0.5) is 10.1 Å². The van der Waals surface area contributed by atoms with Crippen molar-refractivity contribution in [3.05, 3.63) is 65.7 Å². The molecule has 4 aromatic rings. The number of amides is 1. The van der Waals surface area contributed by atoms with E-state index in [1.807, 2.05) is 30.3 Å². The van der Waals surface area contributed by atoms with Gasteiger partial charge in [0.25, 0.3) is 11.6 Å². The van der Waals surface area contributed by atoms with Gasteiger partial charge in [-0.25, -0.2) is 4.39 Å². The number of aryl methyl sites for hydroxylation is 2. The summed E-state index contributed by atoms with van der Waals surface area (Å²) in [5.41, 5.74) is 2.75. The fourth-order valence-electron chi connectivity index (χ4n) is 2.91. The number of benzene rings is 2. The molecule has 0 bridgehead atoms. The lowest BCUT2D eigenvalue weighted by Crippen LogP contribution is -2.21. The highest BCUT2D eigenvalue weighted by atomic mass is 19.1. The summed E-state index contributed by atoms with van der Waals surface area (Å²) >= 11 is 0. The van der Waals surface area contributed by atoms with Crippen molar-refractivity contribution in [2.75, 3.05) is 11.9 Å². The van der Waals surface area contributed by atoms with E-state index in [-0.39, 0.29) is 24.0 Å². The average molecular weight is 392 g/mol. The van der Waals surface area contributed by atoms with Crippen LogP contribution in [0.15, 0.2) is 53.1 Å². The first-order valence-electron chi connectivity index (χ1n) is 8.89. The molecule has 0 fully saturated rings. The molecule has 0 spiro atoms. The van der Waals surface area contributed by atoms with Gasteiger partial charge in [0.1, 0.15) is 22.7 Å². The van der Waals surface area contributed by atoms with Crippen LogP contribution in [0.3, 0.4) is 0 Å². The zero-order valence-electron chi connectivity index (χ0n) is 15.8. The Morgan fingerprint density at radius 2 is 1.93 bits per heavy atom. The molecule has 0 aliphatic heterocycles. The van der Waals surface area contributed by atoms with Gasteiger partial charge >= 0.3 is 0 Å². The third kappa shape index (κ3) is 3.91. The van der Waals surface area contributed by atoms with Gasteiger partial charge in [0.15, 0.2) is 6.61 Å². The molecule has 146 valence electrons. The fraction of sp³-hybridized carbons (Fsp3) is 0.143. The van der Waals surface area contributed by atoms with E-state index in [0.29, 0.717) is 28.2 Å². The van der Waals surface area contributed by atoms with E-state index in [4.69, 9.17) is 9.26 Å². The number of fused-ring (bicyclic) bond motifs is 1. The number of rotatable bonds is 5. The molecule has 0 aliphatic carbocycles. The number of nitrogens with one attached hydrogen (secondary N) is 1.